The Balaban J connectivity index is 1.49. The van der Waals surface area contributed by atoms with Crippen LogP contribution in [0.3, 0.4) is 0 Å². The van der Waals surface area contributed by atoms with E-state index in [1.807, 2.05) is 41.0 Å². The van der Waals surface area contributed by atoms with Crippen LogP contribution in [0.15, 0.2) is 24.3 Å². The second kappa shape index (κ2) is 9.16. The molecule has 2 amide bonds. The van der Waals surface area contributed by atoms with Crippen molar-refractivity contribution in [3.8, 4) is 5.75 Å². The Morgan fingerprint density at radius 2 is 2.00 bits per heavy atom. The molecule has 158 valence electrons. The second-order valence-corrected chi connectivity index (χ2v) is 8.39. The lowest BCUT2D eigenvalue weighted by atomic mass is 9.98. The largest absolute Gasteiger partial charge is 0.493 e. The van der Waals surface area contributed by atoms with Crippen LogP contribution < -0.4 is 4.74 Å². The molecule has 3 heterocycles. The minimum atomic E-state index is 0.0272. The average molecular weight is 401 g/mol. The summed E-state index contributed by atoms with van der Waals surface area (Å²) in [5.41, 5.74) is 0.624. The first-order chi connectivity index (χ1) is 14.2. The number of nitrogens with zero attached hydrogens (tertiary/aromatic N) is 2. The molecular formula is C23H32N2O4. The van der Waals surface area contributed by atoms with Crippen LogP contribution in [0.25, 0.3) is 0 Å². The summed E-state index contributed by atoms with van der Waals surface area (Å²) in [7, 11) is 0. The van der Waals surface area contributed by atoms with E-state index >= 15 is 0 Å². The van der Waals surface area contributed by atoms with Crippen LogP contribution in [-0.4, -0.2) is 66.6 Å². The molecule has 3 atom stereocenters. The summed E-state index contributed by atoms with van der Waals surface area (Å²) in [6, 6.07) is 7.58. The van der Waals surface area contributed by atoms with Crippen molar-refractivity contribution in [2.75, 3.05) is 32.8 Å². The first-order valence-corrected chi connectivity index (χ1v) is 11.1. The van der Waals surface area contributed by atoms with Crippen molar-refractivity contribution < 1.29 is 19.1 Å². The van der Waals surface area contributed by atoms with Gasteiger partial charge in [-0.15, -0.1) is 0 Å². The molecule has 0 N–H and O–H groups in total. The Hall–Kier alpha value is -2.08. The minimum Gasteiger partial charge on any atom is -0.493 e. The van der Waals surface area contributed by atoms with Crippen molar-refractivity contribution in [3.63, 3.8) is 0 Å². The van der Waals surface area contributed by atoms with E-state index in [2.05, 4.69) is 0 Å². The van der Waals surface area contributed by atoms with Crippen molar-refractivity contribution in [2.45, 2.75) is 57.6 Å². The highest BCUT2D eigenvalue weighted by Gasteiger charge is 2.42. The highest BCUT2D eigenvalue weighted by molar-refractivity contribution is 5.97. The van der Waals surface area contributed by atoms with E-state index in [0.29, 0.717) is 36.8 Å². The first-order valence-electron chi connectivity index (χ1n) is 11.1. The van der Waals surface area contributed by atoms with Crippen LogP contribution in [0.5, 0.6) is 5.75 Å². The number of para-hydroxylation sites is 1. The van der Waals surface area contributed by atoms with Crippen LogP contribution in [-0.2, 0) is 9.53 Å². The Bertz CT molecular complexity index is 731. The normalized spacial score (nSPS) is 26.9. The number of hydrogen-bond acceptors (Lipinski definition) is 4. The van der Waals surface area contributed by atoms with Gasteiger partial charge < -0.3 is 19.3 Å². The van der Waals surface area contributed by atoms with Crippen molar-refractivity contribution in [1.29, 1.82) is 0 Å². The van der Waals surface area contributed by atoms with Gasteiger partial charge in [-0.25, -0.2) is 0 Å². The summed E-state index contributed by atoms with van der Waals surface area (Å²) in [4.78, 5) is 30.3. The lowest BCUT2D eigenvalue weighted by Crippen LogP contribution is -2.45. The average Bonchev–Trinajstić information content (AvgIpc) is 3.35. The van der Waals surface area contributed by atoms with Gasteiger partial charge in [0.15, 0.2) is 0 Å². The van der Waals surface area contributed by atoms with Crippen LogP contribution in [0.1, 0.15) is 55.8 Å². The molecule has 3 aliphatic heterocycles. The van der Waals surface area contributed by atoms with E-state index in [1.165, 1.54) is 0 Å². The summed E-state index contributed by atoms with van der Waals surface area (Å²) in [5, 5.41) is 0. The van der Waals surface area contributed by atoms with Gasteiger partial charge in [0.2, 0.25) is 5.91 Å². The maximum Gasteiger partial charge on any atom is 0.257 e. The fourth-order valence-electron chi connectivity index (χ4n) is 5.01. The molecule has 0 aliphatic carbocycles. The molecule has 6 nitrogen and oxygen atoms in total. The van der Waals surface area contributed by atoms with Gasteiger partial charge in [0.25, 0.3) is 5.91 Å². The second-order valence-electron chi connectivity index (χ2n) is 8.39. The highest BCUT2D eigenvalue weighted by Crippen LogP contribution is 2.33. The number of carbonyl (C=O) groups is 2. The van der Waals surface area contributed by atoms with Crippen LogP contribution in [0, 0.1) is 5.92 Å². The number of fused-ring (bicyclic) bond motifs is 1. The van der Waals surface area contributed by atoms with Crippen LogP contribution in [0.2, 0.25) is 0 Å². The highest BCUT2D eigenvalue weighted by atomic mass is 16.5. The van der Waals surface area contributed by atoms with Gasteiger partial charge >= 0.3 is 0 Å². The van der Waals surface area contributed by atoms with Crippen molar-refractivity contribution >= 4 is 11.8 Å². The third-order valence-electron chi connectivity index (χ3n) is 6.49. The van der Waals surface area contributed by atoms with Crippen molar-refractivity contribution in [1.82, 2.24) is 9.80 Å². The maximum atomic E-state index is 13.5. The number of ether oxygens (including phenoxy) is 2. The van der Waals surface area contributed by atoms with E-state index in [1.54, 1.807) is 0 Å². The van der Waals surface area contributed by atoms with Crippen molar-refractivity contribution in [3.05, 3.63) is 29.8 Å². The zero-order valence-electron chi connectivity index (χ0n) is 17.3. The topological polar surface area (TPSA) is 59.1 Å². The molecule has 3 fully saturated rings. The van der Waals surface area contributed by atoms with Gasteiger partial charge in [0.05, 0.1) is 30.7 Å². The minimum absolute atomic E-state index is 0.0272. The van der Waals surface area contributed by atoms with E-state index in [9.17, 15) is 9.59 Å². The SMILES string of the molecule is CCOc1ccccc1C(=O)N1CCCC[C@H]2CN(C(=O)CC3CCCO3)C[C@H]21. The molecule has 6 heteroatoms. The van der Waals surface area contributed by atoms with Crippen LogP contribution in [0.4, 0.5) is 0 Å². The summed E-state index contributed by atoms with van der Waals surface area (Å²) < 4.78 is 11.3. The molecule has 3 aliphatic rings. The van der Waals surface area contributed by atoms with Crippen molar-refractivity contribution in [2.24, 2.45) is 5.92 Å². The molecule has 0 spiro atoms. The van der Waals surface area contributed by atoms with E-state index in [-0.39, 0.29) is 24.0 Å². The van der Waals surface area contributed by atoms with Crippen LogP contribution >= 0.6 is 0 Å². The van der Waals surface area contributed by atoms with E-state index in [4.69, 9.17) is 9.47 Å². The molecule has 1 aromatic rings. The molecule has 3 saturated heterocycles. The van der Waals surface area contributed by atoms with Gasteiger partial charge in [-0.05, 0) is 50.7 Å². The Morgan fingerprint density at radius 3 is 2.79 bits per heavy atom. The van der Waals surface area contributed by atoms with E-state index < -0.39 is 0 Å². The third kappa shape index (κ3) is 4.42. The lowest BCUT2D eigenvalue weighted by molar-refractivity contribution is -0.132. The van der Waals surface area contributed by atoms with Gasteiger partial charge in [-0.2, -0.15) is 0 Å². The van der Waals surface area contributed by atoms with Gasteiger partial charge in [-0.3, -0.25) is 9.59 Å². The molecule has 0 bridgehead atoms. The van der Waals surface area contributed by atoms with E-state index in [0.717, 1.165) is 51.8 Å². The Labute approximate surface area is 173 Å². The Morgan fingerprint density at radius 1 is 1.14 bits per heavy atom. The molecule has 0 saturated carbocycles. The zero-order chi connectivity index (χ0) is 20.2. The summed E-state index contributed by atoms with van der Waals surface area (Å²) in [5.74, 6) is 1.20. The summed E-state index contributed by atoms with van der Waals surface area (Å²) >= 11 is 0. The maximum absolute atomic E-state index is 13.5. The summed E-state index contributed by atoms with van der Waals surface area (Å²) in [6.45, 7) is 5.37. The Kier molecular flexibility index (Phi) is 6.38. The van der Waals surface area contributed by atoms with Gasteiger partial charge in [0.1, 0.15) is 5.75 Å². The first kappa shape index (κ1) is 20.2. The molecular weight excluding hydrogens is 368 g/mol. The molecule has 29 heavy (non-hydrogen) atoms. The predicted octanol–water partition coefficient (Wildman–Crippen LogP) is 3.11. The molecule has 0 aromatic heterocycles. The summed E-state index contributed by atoms with van der Waals surface area (Å²) in [6.07, 6.45) is 5.76. The predicted molar refractivity (Wildman–Crippen MR) is 110 cm³/mol. The number of hydrogen-bond donors (Lipinski definition) is 0. The number of likely N-dealkylation sites (tertiary alicyclic amines) is 2. The zero-order valence-corrected chi connectivity index (χ0v) is 17.3. The standard InChI is InChI=1S/C23H32N2O4/c1-2-28-21-11-4-3-10-19(21)23(27)25-12-6-5-8-17-15-24(16-20(17)25)22(26)14-18-9-7-13-29-18/h3-4,10-11,17-18,20H,2,5-9,12-16H2,1H3/t17-,18?,20+/m0/s1. The number of carbonyl (C=O) groups excluding carboxylic acids is 2. The number of amides is 2. The third-order valence-corrected chi connectivity index (χ3v) is 6.49. The number of rotatable bonds is 5. The monoisotopic (exact) mass is 400 g/mol. The number of benzene rings is 1. The lowest BCUT2D eigenvalue weighted by Gasteiger charge is -2.30. The molecule has 1 aromatic carbocycles. The molecule has 1 unspecified atom stereocenters. The van der Waals surface area contributed by atoms with Gasteiger partial charge in [0, 0.05) is 26.2 Å². The quantitative estimate of drug-likeness (QED) is 0.762. The fraction of sp³-hybridized carbons (Fsp3) is 0.652. The van der Waals surface area contributed by atoms with Gasteiger partial charge in [-0.1, -0.05) is 18.6 Å². The fourth-order valence-corrected chi connectivity index (χ4v) is 5.01. The molecule has 4 rings (SSSR count). The molecule has 0 radical (unpaired) electrons. The smallest absolute Gasteiger partial charge is 0.257 e.